The number of carbonyl (C=O) groups excluding carboxylic acids is 2. The molecular formula is C26H32N2O4. The van der Waals surface area contributed by atoms with Crippen LogP contribution >= 0.6 is 0 Å². The minimum Gasteiger partial charge on any atom is -0.496 e. The first-order valence-electron chi connectivity index (χ1n) is 11.0. The molecule has 0 aliphatic carbocycles. The number of hydrogen-bond acceptors (Lipinski definition) is 4. The van der Waals surface area contributed by atoms with Crippen molar-refractivity contribution in [3.63, 3.8) is 0 Å². The second kappa shape index (κ2) is 10.4. The van der Waals surface area contributed by atoms with Crippen LogP contribution in [0.15, 0.2) is 42.6 Å². The zero-order valence-corrected chi connectivity index (χ0v) is 19.5. The summed E-state index contributed by atoms with van der Waals surface area (Å²) in [6.45, 7) is 7.84. The highest BCUT2D eigenvalue weighted by Crippen LogP contribution is 2.29. The van der Waals surface area contributed by atoms with E-state index < -0.39 is 5.97 Å². The molecule has 0 bridgehead atoms. The normalized spacial score (nSPS) is 11.1. The Morgan fingerprint density at radius 1 is 1.03 bits per heavy atom. The highest BCUT2D eigenvalue weighted by molar-refractivity contribution is 5.99. The summed E-state index contributed by atoms with van der Waals surface area (Å²) in [7, 11) is 2.96. The van der Waals surface area contributed by atoms with E-state index in [1.54, 1.807) is 19.2 Å². The van der Waals surface area contributed by atoms with Gasteiger partial charge in [0.25, 0.3) is 5.91 Å². The Hall–Kier alpha value is -3.28. The number of benzene rings is 2. The zero-order chi connectivity index (χ0) is 23.3. The number of methoxy groups -OCH3 is 2. The summed E-state index contributed by atoms with van der Waals surface area (Å²) in [4.78, 5) is 24.5. The fraction of sp³-hybridized carbons (Fsp3) is 0.385. The molecule has 170 valence electrons. The van der Waals surface area contributed by atoms with E-state index in [-0.39, 0.29) is 5.91 Å². The molecule has 0 radical (unpaired) electrons. The first-order chi connectivity index (χ1) is 15.4. The van der Waals surface area contributed by atoms with Crippen molar-refractivity contribution in [3.05, 3.63) is 64.8 Å². The Labute approximate surface area is 189 Å². The van der Waals surface area contributed by atoms with Gasteiger partial charge in [0.1, 0.15) is 5.75 Å². The van der Waals surface area contributed by atoms with E-state index in [4.69, 9.17) is 9.47 Å². The predicted molar refractivity (Wildman–Crippen MR) is 127 cm³/mol. The van der Waals surface area contributed by atoms with Crippen LogP contribution in [0.5, 0.6) is 5.75 Å². The van der Waals surface area contributed by atoms with E-state index in [1.165, 1.54) is 7.11 Å². The molecule has 32 heavy (non-hydrogen) atoms. The number of ether oxygens (including phenoxy) is 2. The lowest BCUT2D eigenvalue weighted by Gasteiger charge is -2.10. The predicted octanol–water partition coefficient (Wildman–Crippen LogP) is 4.82. The van der Waals surface area contributed by atoms with E-state index in [9.17, 15) is 9.59 Å². The largest absolute Gasteiger partial charge is 0.496 e. The first kappa shape index (κ1) is 23.4. The van der Waals surface area contributed by atoms with Crippen LogP contribution in [0, 0.1) is 5.92 Å². The highest BCUT2D eigenvalue weighted by Gasteiger charge is 2.16. The molecule has 0 atom stereocenters. The van der Waals surface area contributed by atoms with Gasteiger partial charge in [0, 0.05) is 42.2 Å². The Morgan fingerprint density at radius 2 is 1.78 bits per heavy atom. The number of carbonyl (C=O) groups is 2. The number of nitrogens with one attached hydrogen (secondary N) is 1. The number of amides is 1. The van der Waals surface area contributed by atoms with Crippen molar-refractivity contribution >= 4 is 22.8 Å². The molecule has 2 aromatic carbocycles. The molecule has 0 fully saturated rings. The SMILES string of the molecule is CCCn1cc(Cc2ccc(C(=O)OC)cc2OC)c2cc(C(=O)NCC(C)C)ccc21. The highest BCUT2D eigenvalue weighted by atomic mass is 16.5. The van der Waals surface area contributed by atoms with Gasteiger partial charge < -0.3 is 19.4 Å². The Morgan fingerprint density at radius 3 is 2.44 bits per heavy atom. The molecule has 6 nitrogen and oxygen atoms in total. The second-order valence-electron chi connectivity index (χ2n) is 8.38. The summed E-state index contributed by atoms with van der Waals surface area (Å²) in [6.07, 6.45) is 3.78. The summed E-state index contributed by atoms with van der Waals surface area (Å²) >= 11 is 0. The van der Waals surface area contributed by atoms with Crippen molar-refractivity contribution in [2.45, 2.75) is 40.2 Å². The molecule has 3 aromatic rings. The maximum Gasteiger partial charge on any atom is 0.337 e. The molecule has 1 N–H and O–H groups in total. The van der Waals surface area contributed by atoms with Crippen molar-refractivity contribution < 1.29 is 19.1 Å². The van der Waals surface area contributed by atoms with Gasteiger partial charge in [-0.3, -0.25) is 4.79 Å². The second-order valence-corrected chi connectivity index (χ2v) is 8.38. The zero-order valence-electron chi connectivity index (χ0n) is 19.5. The molecule has 0 spiro atoms. The average molecular weight is 437 g/mol. The van der Waals surface area contributed by atoms with Crippen molar-refractivity contribution in [2.24, 2.45) is 5.92 Å². The van der Waals surface area contributed by atoms with Crippen LogP contribution in [0.1, 0.15) is 59.0 Å². The smallest absolute Gasteiger partial charge is 0.337 e. The molecule has 0 saturated heterocycles. The van der Waals surface area contributed by atoms with Gasteiger partial charge in [-0.1, -0.05) is 26.8 Å². The molecule has 3 rings (SSSR count). The van der Waals surface area contributed by atoms with Crippen molar-refractivity contribution in [3.8, 4) is 5.75 Å². The van der Waals surface area contributed by atoms with Crippen LogP contribution in [-0.2, 0) is 17.7 Å². The quantitative estimate of drug-likeness (QED) is 0.488. The fourth-order valence-corrected chi connectivity index (χ4v) is 3.82. The van der Waals surface area contributed by atoms with E-state index in [0.717, 1.165) is 35.0 Å². The number of aryl methyl sites for hydroxylation is 1. The minimum absolute atomic E-state index is 0.0604. The number of nitrogens with zero attached hydrogens (tertiary/aromatic N) is 1. The topological polar surface area (TPSA) is 69.6 Å². The number of hydrogen-bond donors (Lipinski definition) is 1. The van der Waals surface area contributed by atoms with E-state index in [2.05, 4.69) is 36.9 Å². The number of esters is 1. The van der Waals surface area contributed by atoms with Crippen LogP contribution in [0.25, 0.3) is 10.9 Å². The third kappa shape index (κ3) is 5.13. The van der Waals surface area contributed by atoms with Gasteiger partial charge in [0.05, 0.1) is 19.8 Å². The molecule has 6 heteroatoms. The summed E-state index contributed by atoms with van der Waals surface area (Å²) in [6, 6.07) is 11.2. The Kier molecular flexibility index (Phi) is 7.57. The van der Waals surface area contributed by atoms with Gasteiger partial charge in [0.15, 0.2) is 0 Å². The molecule has 0 unspecified atom stereocenters. The van der Waals surface area contributed by atoms with Crippen molar-refractivity contribution in [1.82, 2.24) is 9.88 Å². The van der Waals surface area contributed by atoms with Gasteiger partial charge in [-0.25, -0.2) is 4.79 Å². The van der Waals surface area contributed by atoms with E-state index >= 15 is 0 Å². The molecule has 0 aliphatic rings. The summed E-state index contributed by atoms with van der Waals surface area (Å²) in [5.41, 5.74) is 4.28. The summed E-state index contributed by atoms with van der Waals surface area (Å²) < 4.78 is 12.6. The first-order valence-corrected chi connectivity index (χ1v) is 11.0. The lowest BCUT2D eigenvalue weighted by atomic mass is 10.0. The Bertz CT molecular complexity index is 1110. The molecule has 0 aliphatic heterocycles. The third-order valence-corrected chi connectivity index (χ3v) is 5.45. The fourth-order valence-electron chi connectivity index (χ4n) is 3.82. The van der Waals surface area contributed by atoms with E-state index in [0.29, 0.717) is 35.8 Å². The van der Waals surface area contributed by atoms with Gasteiger partial charge in [-0.15, -0.1) is 0 Å². The summed E-state index contributed by atoms with van der Waals surface area (Å²) in [5.74, 6) is 0.570. The van der Waals surface area contributed by atoms with Crippen LogP contribution in [0.3, 0.4) is 0 Å². The minimum atomic E-state index is -0.397. The van der Waals surface area contributed by atoms with Crippen molar-refractivity contribution in [1.29, 1.82) is 0 Å². The average Bonchev–Trinajstić information content (AvgIpc) is 3.13. The summed E-state index contributed by atoms with van der Waals surface area (Å²) in [5, 5.41) is 4.05. The number of rotatable bonds is 9. The number of aromatic nitrogens is 1. The molecule has 1 aromatic heterocycles. The molecule has 1 heterocycles. The van der Waals surface area contributed by atoms with Gasteiger partial charge in [-0.05, 0) is 53.8 Å². The van der Waals surface area contributed by atoms with Crippen LogP contribution < -0.4 is 10.1 Å². The number of fused-ring (bicyclic) bond motifs is 1. The van der Waals surface area contributed by atoms with Crippen LogP contribution in [0.4, 0.5) is 0 Å². The van der Waals surface area contributed by atoms with Gasteiger partial charge >= 0.3 is 5.97 Å². The standard InChI is InChI=1S/C26H32N2O4/c1-6-11-28-16-21(12-18-7-8-20(26(30)32-5)14-24(18)31-4)22-13-19(9-10-23(22)28)25(29)27-15-17(2)3/h7-10,13-14,16-17H,6,11-12,15H2,1-5H3,(H,27,29). The van der Waals surface area contributed by atoms with E-state index in [1.807, 2.05) is 24.3 Å². The molecule has 0 saturated carbocycles. The van der Waals surface area contributed by atoms with Crippen molar-refractivity contribution in [2.75, 3.05) is 20.8 Å². The lowest BCUT2D eigenvalue weighted by Crippen LogP contribution is -2.27. The monoisotopic (exact) mass is 436 g/mol. The maximum absolute atomic E-state index is 12.6. The Balaban J connectivity index is 2.00. The maximum atomic E-state index is 12.6. The van der Waals surface area contributed by atoms with Crippen LogP contribution in [0.2, 0.25) is 0 Å². The third-order valence-electron chi connectivity index (χ3n) is 5.45. The van der Waals surface area contributed by atoms with Crippen LogP contribution in [-0.4, -0.2) is 37.2 Å². The molecule has 1 amide bonds. The van der Waals surface area contributed by atoms with Gasteiger partial charge in [-0.2, -0.15) is 0 Å². The molecular weight excluding hydrogens is 404 g/mol. The van der Waals surface area contributed by atoms with Gasteiger partial charge in [0.2, 0.25) is 0 Å². The lowest BCUT2D eigenvalue weighted by molar-refractivity contribution is 0.0600.